The molecule has 31 heavy (non-hydrogen) atoms. The van der Waals surface area contributed by atoms with Gasteiger partial charge in [-0.2, -0.15) is 0 Å². The summed E-state index contributed by atoms with van der Waals surface area (Å²) >= 11 is 0. The number of sulfonamides is 1. The van der Waals surface area contributed by atoms with Crippen molar-refractivity contribution in [3.05, 3.63) is 83.9 Å². The standard InChI is InChI=1S/C22H21N3O5S/c1-15-3-2-4-18(13-15)25-31(28,29)20-11-9-19(10-12-20)30-14-21(26)24-17-7-5-16(6-8-17)22(23)27/h2-13,25H,14H2,1H3,(H2,23,27)(H,24,26). The Morgan fingerprint density at radius 3 is 2.23 bits per heavy atom. The molecule has 0 heterocycles. The predicted molar refractivity (Wildman–Crippen MR) is 118 cm³/mol. The van der Waals surface area contributed by atoms with E-state index >= 15 is 0 Å². The van der Waals surface area contributed by atoms with Crippen molar-refractivity contribution in [1.82, 2.24) is 0 Å². The number of hydrogen-bond donors (Lipinski definition) is 3. The van der Waals surface area contributed by atoms with E-state index in [1.54, 1.807) is 30.3 Å². The molecule has 9 heteroatoms. The monoisotopic (exact) mass is 439 g/mol. The quantitative estimate of drug-likeness (QED) is 0.497. The Labute approximate surface area is 180 Å². The third kappa shape index (κ3) is 6.06. The van der Waals surface area contributed by atoms with Gasteiger partial charge in [0.2, 0.25) is 5.91 Å². The molecular weight excluding hydrogens is 418 g/mol. The molecule has 0 spiro atoms. The highest BCUT2D eigenvalue weighted by Gasteiger charge is 2.14. The van der Waals surface area contributed by atoms with Gasteiger partial charge in [-0.25, -0.2) is 8.42 Å². The minimum atomic E-state index is -3.75. The fourth-order valence-corrected chi connectivity index (χ4v) is 3.75. The van der Waals surface area contributed by atoms with Crippen LogP contribution in [0.4, 0.5) is 11.4 Å². The highest BCUT2D eigenvalue weighted by atomic mass is 32.2. The second-order valence-electron chi connectivity index (χ2n) is 6.72. The maximum Gasteiger partial charge on any atom is 0.262 e. The van der Waals surface area contributed by atoms with Crippen LogP contribution in [0.3, 0.4) is 0 Å². The highest BCUT2D eigenvalue weighted by Crippen LogP contribution is 2.20. The van der Waals surface area contributed by atoms with Crippen LogP contribution < -0.4 is 20.5 Å². The van der Waals surface area contributed by atoms with Gasteiger partial charge in [-0.3, -0.25) is 14.3 Å². The zero-order valence-corrected chi connectivity index (χ0v) is 17.5. The highest BCUT2D eigenvalue weighted by molar-refractivity contribution is 7.92. The summed E-state index contributed by atoms with van der Waals surface area (Å²) in [6.45, 7) is 1.60. The molecule has 0 aliphatic carbocycles. The molecule has 0 fully saturated rings. The van der Waals surface area contributed by atoms with Crippen molar-refractivity contribution in [3.8, 4) is 5.75 Å². The summed E-state index contributed by atoms with van der Waals surface area (Å²) < 4.78 is 33.0. The molecule has 8 nitrogen and oxygen atoms in total. The van der Waals surface area contributed by atoms with E-state index in [1.807, 2.05) is 13.0 Å². The van der Waals surface area contributed by atoms with Gasteiger partial charge in [0.05, 0.1) is 4.90 Å². The van der Waals surface area contributed by atoms with Crippen LogP contribution in [0.5, 0.6) is 5.75 Å². The normalized spacial score (nSPS) is 10.9. The van der Waals surface area contributed by atoms with E-state index in [1.165, 1.54) is 36.4 Å². The average Bonchev–Trinajstić information content (AvgIpc) is 2.72. The van der Waals surface area contributed by atoms with Crippen LogP contribution in [0.25, 0.3) is 0 Å². The summed E-state index contributed by atoms with van der Waals surface area (Å²) in [4.78, 5) is 23.2. The number of carbonyl (C=O) groups excluding carboxylic acids is 2. The molecule has 0 bridgehead atoms. The Hall–Kier alpha value is -3.85. The van der Waals surface area contributed by atoms with Gasteiger partial charge in [-0.15, -0.1) is 0 Å². The number of carbonyl (C=O) groups is 2. The molecule has 3 rings (SSSR count). The SMILES string of the molecule is Cc1cccc(NS(=O)(=O)c2ccc(OCC(=O)Nc3ccc(C(N)=O)cc3)cc2)c1. The fraction of sp³-hybridized carbons (Fsp3) is 0.0909. The molecule has 3 aromatic rings. The lowest BCUT2D eigenvalue weighted by atomic mass is 10.2. The van der Waals surface area contributed by atoms with Crippen LogP contribution in [0.2, 0.25) is 0 Å². The first-order valence-electron chi connectivity index (χ1n) is 9.25. The van der Waals surface area contributed by atoms with Gasteiger partial charge >= 0.3 is 0 Å². The van der Waals surface area contributed by atoms with Gasteiger partial charge in [-0.05, 0) is 73.2 Å². The summed E-state index contributed by atoms with van der Waals surface area (Å²) in [6.07, 6.45) is 0. The Kier molecular flexibility index (Phi) is 6.56. The van der Waals surface area contributed by atoms with Crippen LogP contribution in [0, 0.1) is 6.92 Å². The lowest BCUT2D eigenvalue weighted by Gasteiger charge is -2.10. The molecule has 0 saturated carbocycles. The predicted octanol–water partition coefficient (Wildman–Crippen LogP) is 2.91. The maximum atomic E-state index is 12.5. The van der Waals surface area contributed by atoms with E-state index in [4.69, 9.17) is 10.5 Å². The molecule has 160 valence electrons. The summed E-state index contributed by atoms with van der Waals surface area (Å²) in [6, 6.07) is 18.9. The van der Waals surface area contributed by atoms with Crippen LogP contribution in [-0.4, -0.2) is 26.8 Å². The largest absolute Gasteiger partial charge is 0.484 e. The van der Waals surface area contributed by atoms with Gasteiger partial charge in [0, 0.05) is 16.9 Å². The van der Waals surface area contributed by atoms with Crippen molar-refractivity contribution in [2.75, 3.05) is 16.6 Å². The first kappa shape index (κ1) is 21.8. The molecule has 0 aliphatic heterocycles. The molecule has 0 unspecified atom stereocenters. The number of rotatable bonds is 8. The molecular formula is C22H21N3O5S. The lowest BCUT2D eigenvalue weighted by molar-refractivity contribution is -0.118. The Morgan fingerprint density at radius 1 is 0.935 bits per heavy atom. The molecule has 3 aromatic carbocycles. The van der Waals surface area contributed by atoms with Crippen LogP contribution in [0.15, 0.2) is 77.7 Å². The fourth-order valence-electron chi connectivity index (χ4n) is 2.70. The number of amides is 2. The van der Waals surface area contributed by atoms with Gasteiger partial charge < -0.3 is 15.8 Å². The molecule has 2 amide bonds. The zero-order chi connectivity index (χ0) is 22.4. The molecule has 0 aliphatic rings. The third-order valence-electron chi connectivity index (χ3n) is 4.23. The minimum Gasteiger partial charge on any atom is -0.484 e. The molecule has 0 radical (unpaired) electrons. The van der Waals surface area contributed by atoms with Crippen LogP contribution in [0.1, 0.15) is 15.9 Å². The number of benzene rings is 3. The van der Waals surface area contributed by atoms with E-state index < -0.39 is 21.8 Å². The summed E-state index contributed by atoms with van der Waals surface area (Å²) in [5, 5.41) is 2.62. The van der Waals surface area contributed by atoms with Crippen molar-refractivity contribution in [1.29, 1.82) is 0 Å². The summed E-state index contributed by atoms with van der Waals surface area (Å²) in [5.74, 6) is -0.626. The van der Waals surface area contributed by atoms with Crippen molar-refractivity contribution >= 4 is 33.2 Å². The Bertz CT molecular complexity index is 1190. The number of primary amides is 1. The van der Waals surface area contributed by atoms with E-state index in [0.717, 1.165) is 5.56 Å². The van der Waals surface area contributed by atoms with Gasteiger partial charge in [0.1, 0.15) is 5.75 Å². The first-order chi connectivity index (χ1) is 14.7. The minimum absolute atomic E-state index is 0.0698. The summed E-state index contributed by atoms with van der Waals surface area (Å²) in [7, 11) is -3.75. The number of ether oxygens (including phenoxy) is 1. The number of hydrogen-bond acceptors (Lipinski definition) is 5. The van der Waals surface area contributed by atoms with E-state index in [-0.39, 0.29) is 11.5 Å². The smallest absolute Gasteiger partial charge is 0.262 e. The van der Waals surface area contributed by atoms with Gasteiger partial charge in [-0.1, -0.05) is 12.1 Å². The van der Waals surface area contributed by atoms with E-state index in [0.29, 0.717) is 22.7 Å². The number of anilines is 2. The number of aryl methyl sites for hydroxylation is 1. The molecule has 4 N–H and O–H groups in total. The van der Waals surface area contributed by atoms with Gasteiger partial charge in [0.25, 0.3) is 15.9 Å². The Balaban J connectivity index is 1.56. The Morgan fingerprint density at radius 2 is 1.61 bits per heavy atom. The number of nitrogens with two attached hydrogens (primary N) is 1. The lowest BCUT2D eigenvalue weighted by Crippen LogP contribution is -2.20. The van der Waals surface area contributed by atoms with Crippen molar-refractivity contribution in [2.45, 2.75) is 11.8 Å². The molecule has 0 aromatic heterocycles. The topological polar surface area (TPSA) is 128 Å². The van der Waals surface area contributed by atoms with Crippen molar-refractivity contribution in [3.63, 3.8) is 0 Å². The maximum absolute atomic E-state index is 12.5. The van der Waals surface area contributed by atoms with Crippen molar-refractivity contribution in [2.24, 2.45) is 5.73 Å². The van der Waals surface area contributed by atoms with Gasteiger partial charge in [0.15, 0.2) is 6.61 Å². The zero-order valence-electron chi connectivity index (χ0n) is 16.7. The third-order valence-corrected chi connectivity index (χ3v) is 5.62. The van der Waals surface area contributed by atoms with E-state index in [2.05, 4.69) is 10.0 Å². The first-order valence-corrected chi connectivity index (χ1v) is 10.7. The number of nitrogens with one attached hydrogen (secondary N) is 2. The second-order valence-corrected chi connectivity index (χ2v) is 8.41. The average molecular weight is 439 g/mol. The summed E-state index contributed by atoms with van der Waals surface area (Å²) in [5.41, 5.74) is 7.40. The van der Waals surface area contributed by atoms with E-state index in [9.17, 15) is 18.0 Å². The van der Waals surface area contributed by atoms with Crippen molar-refractivity contribution < 1.29 is 22.7 Å². The molecule has 0 saturated heterocycles. The molecule has 0 atom stereocenters. The van der Waals surface area contributed by atoms with Crippen LogP contribution in [-0.2, 0) is 14.8 Å². The van der Waals surface area contributed by atoms with Crippen LogP contribution >= 0.6 is 0 Å². The second kappa shape index (κ2) is 9.31.